The third kappa shape index (κ3) is 5.87. The Balaban J connectivity index is 1.63. The number of likely N-dealkylation sites (tertiary alicyclic amines) is 1. The van der Waals surface area contributed by atoms with Crippen molar-refractivity contribution in [1.29, 1.82) is 0 Å². The number of unbranched alkanes of at least 4 members (excludes halogenated alkanes) is 1. The molecule has 122 valence electrons. The summed E-state index contributed by atoms with van der Waals surface area (Å²) in [5, 5.41) is 3.50. The first kappa shape index (κ1) is 17.1. The smallest absolute Gasteiger partial charge is 0.223 e. The number of pyridine rings is 1. The van der Waals surface area contributed by atoms with Crippen molar-refractivity contribution in [3.05, 3.63) is 24.5 Å². The number of piperidine rings is 1. The predicted molar refractivity (Wildman–Crippen MR) is 94.3 cm³/mol. The minimum atomic E-state index is 0.323. The highest BCUT2D eigenvalue weighted by molar-refractivity contribution is 7.99. The highest BCUT2D eigenvalue weighted by Gasteiger charge is 2.22. The van der Waals surface area contributed by atoms with Gasteiger partial charge in [0.2, 0.25) is 5.91 Å². The van der Waals surface area contributed by atoms with Crippen LogP contribution in [-0.4, -0.2) is 46.4 Å². The monoisotopic (exact) mass is 321 g/mol. The molecule has 2 heterocycles. The predicted octanol–water partition coefficient (Wildman–Crippen LogP) is 3.41. The van der Waals surface area contributed by atoms with Crippen LogP contribution >= 0.6 is 11.8 Å². The molecule has 1 aliphatic rings. The van der Waals surface area contributed by atoms with Crippen molar-refractivity contribution in [1.82, 2.24) is 9.88 Å². The molecule has 1 saturated heterocycles. The molecule has 0 radical (unpaired) electrons. The van der Waals surface area contributed by atoms with Crippen LogP contribution in [0.3, 0.4) is 0 Å². The van der Waals surface area contributed by atoms with E-state index in [4.69, 9.17) is 0 Å². The van der Waals surface area contributed by atoms with Crippen LogP contribution in [0.25, 0.3) is 0 Å². The molecule has 1 aromatic rings. The van der Waals surface area contributed by atoms with Crippen molar-refractivity contribution in [2.75, 3.05) is 29.9 Å². The van der Waals surface area contributed by atoms with Gasteiger partial charge in [0.25, 0.3) is 0 Å². The molecule has 1 aromatic heterocycles. The standard InChI is InChI=1S/C17H27N3OS/c1-2-3-12-22-13-8-17(21)20-10-6-15(7-11-20)19-16-5-4-9-18-14-16/h4-5,9,14-15,19H,2-3,6-8,10-13H2,1H3. The minimum absolute atomic E-state index is 0.323. The normalized spacial score (nSPS) is 15.8. The molecule has 0 aliphatic carbocycles. The van der Waals surface area contributed by atoms with E-state index >= 15 is 0 Å². The molecule has 0 unspecified atom stereocenters. The number of hydrogen-bond acceptors (Lipinski definition) is 4. The van der Waals surface area contributed by atoms with Gasteiger partial charge < -0.3 is 10.2 Å². The SMILES string of the molecule is CCCCSCCC(=O)N1CCC(Nc2cccnc2)CC1. The zero-order valence-electron chi connectivity index (χ0n) is 13.5. The summed E-state index contributed by atoms with van der Waals surface area (Å²) in [6.07, 6.45) is 8.85. The summed E-state index contributed by atoms with van der Waals surface area (Å²) in [5.41, 5.74) is 1.07. The Morgan fingerprint density at radius 2 is 2.23 bits per heavy atom. The maximum atomic E-state index is 12.2. The van der Waals surface area contributed by atoms with E-state index < -0.39 is 0 Å². The lowest BCUT2D eigenvalue weighted by Crippen LogP contribution is -2.42. The lowest BCUT2D eigenvalue weighted by atomic mass is 10.0. The summed E-state index contributed by atoms with van der Waals surface area (Å²) in [5.74, 6) is 2.47. The molecular formula is C17H27N3OS. The van der Waals surface area contributed by atoms with Gasteiger partial charge in [-0.2, -0.15) is 11.8 Å². The van der Waals surface area contributed by atoms with Crippen LogP contribution in [0.4, 0.5) is 5.69 Å². The van der Waals surface area contributed by atoms with Crippen molar-refractivity contribution >= 4 is 23.4 Å². The second-order valence-corrected chi connectivity index (χ2v) is 6.98. The molecular weight excluding hydrogens is 294 g/mol. The molecule has 1 N–H and O–H groups in total. The quantitative estimate of drug-likeness (QED) is 0.745. The second kappa shape index (κ2) is 9.72. The molecule has 0 aromatic carbocycles. The number of carbonyl (C=O) groups excluding carboxylic acids is 1. The summed E-state index contributed by atoms with van der Waals surface area (Å²) in [4.78, 5) is 18.3. The maximum absolute atomic E-state index is 12.2. The molecule has 4 nitrogen and oxygen atoms in total. The first-order valence-electron chi connectivity index (χ1n) is 8.31. The van der Waals surface area contributed by atoms with E-state index in [2.05, 4.69) is 17.2 Å². The number of aromatic nitrogens is 1. The second-order valence-electron chi connectivity index (χ2n) is 5.76. The molecule has 22 heavy (non-hydrogen) atoms. The number of thioether (sulfide) groups is 1. The van der Waals surface area contributed by atoms with E-state index in [1.54, 1.807) is 6.20 Å². The zero-order valence-corrected chi connectivity index (χ0v) is 14.3. The Morgan fingerprint density at radius 1 is 1.41 bits per heavy atom. The topological polar surface area (TPSA) is 45.2 Å². The van der Waals surface area contributed by atoms with E-state index in [9.17, 15) is 4.79 Å². The molecule has 0 atom stereocenters. The van der Waals surface area contributed by atoms with Crippen molar-refractivity contribution in [2.24, 2.45) is 0 Å². The van der Waals surface area contributed by atoms with Gasteiger partial charge in [-0.05, 0) is 37.1 Å². The number of anilines is 1. The Hall–Kier alpha value is -1.23. The summed E-state index contributed by atoms with van der Waals surface area (Å²) < 4.78 is 0. The number of nitrogens with zero attached hydrogens (tertiary/aromatic N) is 2. The lowest BCUT2D eigenvalue weighted by molar-refractivity contribution is -0.131. The minimum Gasteiger partial charge on any atom is -0.381 e. The van der Waals surface area contributed by atoms with Crippen LogP contribution in [-0.2, 0) is 4.79 Å². The molecule has 0 spiro atoms. The molecule has 0 saturated carbocycles. The summed E-state index contributed by atoms with van der Waals surface area (Å²) in [6.45, 7) is 3.95. The van der Waals surface area contributed by atoms with Crippen LogP contribution < -0.4 is 5.32 Å². The average molecular weight is 321 g/mol. The van der Waals surface area contributed by atoms with Crippen LogP contribution in [0.1, 0.15) is 39.0 Å². The Kier molecular flexibility index (Phi) is 7.57. The van der Waals surface area contributed by atoms with Gasteiger partial charge in [0.05, 0.1) is 5.69 Å². The van der Waals surface area contributed by atoms with Gasteiger partial charge in [0.1, 0.15) is 0 Å². The summed E-state index contributed by atoms with van der Waals surface area (Å²) in [6, 6.07) is 4.43. The van der Waals surface area contributed by atoms with Crippen molar-refractivity contribution in [2.45, 2.75) is 45.1 Å². The van der Waals surface area contributed by atoms with E-state index in [-0.39, 0.29) is 0 Å². The first-order chi connectivity index (χ1) is 10.8. The molecule has 1 aliphatic heterocycles. The molecule has 1 amide bonds. The average Bonchev–Trinajstić information content (AvgIpc) is 2.56. The van der Waals surface area contributed by atoms with E-state index in [1.807, 2.05) is 35.0 Å². The number of nitrogens with one attached hydrogen (secondary N) is 1. The van der Waals surface area contributed by atoms with Crippen LogP contribution in [0.2, 0.25) is 0 Å². The molecule has 1 fully saturated rings. The van der Waals surface area contributed by atoms with Crippen LogP contribution in [0, 0.1) is 0 Å². The van der Waals surface area contributed by atoms with Crippen molar-refractivity contribution in [3.8, 4) is 0 Å². The Bertz CT molecular complexity index is 433. The van der Waals surface area contributed by atoms with Gasteiger partial charge >= 0.3 is 0 Å². The Labute approximate surface area is 138 Å². The van der Waals surface area contributed by atoms with Gasteiger partial charge in [-0.1, -0.05) is 13.3 Å². The van der Waals surface area contributed by atoms with Gasteiger partial charge in [0, 0.05) is 43.7 Å². The number of carbonyl (C=O) groups is 1. The van der Waals surface area contributed by atoms with E-state index in [0.29, 0.717) is 18.4 Å². The van der Waals surface area contributed by atoms with Crippen LogP contribution in [0.5, 0.6) is 0 Å². The van der Waals surface area contributed by atoms with Gasteiger partial charge in [-0.25, -0.2) is 0 Å². The third-order valence-electron chi connectivity index (χ3n) is 3.98. The maximum Gasteiger partial charge on any atom is 0.223 e. The zero-order chi connectivity index (χ0) is 15.6. The molecule has 2 rings (SSSR count). The van der Waals surface area contributed by atoms with E-state index in [0.717, 1.165) is 37.4 Å². The first-order valence-corrected chi connectivity index (χ1v) is 9.47. The Morgan fingerprint density at radius 3 is 2.91 bits per heavy atom. The molecule has 5 heteroatoms. The molecule has 0 bridgehead atoms. The highest BCUT2D eigenvalue weighted by atomic mass is 32.2. The number of rotatable bonds is 8. The number of hydrogen-bond donors (Lipinski definition) is 1. The van der Waals surface area contributed by atoms with Gasteiger partial charge in [0.15, 0.2) is 0 Å². The third-order valence-corrected chi connectivity index (χ3v) is 5.05. The van der Waals surface area contributed by atoms with Crippen LogP contribution in [0.15, 0.2) is 24.5 Å². The van der Waals surface area contributed by atoms with Gasteiger partial charge in [-0.3, -0.25) is 9.78 Å². The number of amides is 1. The van der Waals surface area contributed by atoms with Crippen molar-refractivity contribution in [3.63, 3.8) is 0 Å². The summed E-state index contributed by atoms with van der Waals surface area (Å²) >= 11 is 1.91. The highest BCUT2D eigenvalue weighted by Crippen LogP contribution is 2.17. The van der Waals surface area contributed by atoms with Crippen molar-refractivity contribution < 1.29 is 4.79 Å². The largest absolute Gasteiger partial charge is 0.381 e. The summed E-state index contributed by atoms with van der Waals surface area (Å²) in [7, 11) is 0. The fraction of sp³-hybridized carbons (Fsp3) is 0.647. The lowest BCUT2D eigenvalue weighted by Gasteiger charge is -2.33. The fourth-order valence-corrected chi connectivity index (χ4v) is 3.64. The van der Waals surface area contributed by atoms with E-state index in [1.165, 1.54) is 18.6 Å². The fourth-order valence-electron chi connectivity index (χ4n) is 2.62. The van der Waals surface area contributed by atoms with Gasteiger partial charge in [-0.15, -0.1) is 0 Å².